The maximum absolute atomic E-state index is 12.1. The van der Waals surface area contributed by atoms with Crippen LogP contribution in [0.25, 0.3) is 0 Å². The molecule has 0 fully saturated rings. The van der Waals surface area contributed by atoms with Crippen molar-refractivity contribution in [1.82, 2.24) is 5.43 Å². The highest BCUT2D eigenvalue weighted by Gasteiger charge is 2.18. The number of para-hydroxylation sites is 1. The number of nitrogens with zero attached hydrogens (tertiary/aromatic N) is 2. The number of benzene rings is 3. The van der Waals surface area contributed by atoms with E-state index in [9.17, 15) is 14.9 Å². The molecular formula is C21H16ClN3O4. The molecule has 0 aliphatic rings. The van der Waals surface area contributed by atoms with Crippen LogP contribution in [0.5, 0.6) is 5.75 Å². The number of halogens is 1. The van der Waals surface area contributed by atoms with Crippen LogP contribution >= 0.6 is 11.6 Å². The first kappa shape index (κ1) is 20.0. The molecule has 146 valence electrons. The number of amides is 1. The first-order chi connectivity index (χ1) is 14.0. The van der Waals surface area contributed by atoms with Gasteiger partial charge in [0.1, 0.15) is 17.9 Å². The lowest BCUT2D eigenvalue weighted by molar-refractivity contribution is -0.385. The van der Waals surface area contributed by atoms with Gasteiger partial charge in [-0.1, -0.05) is 41.9 Å². The minimum Gasteiger partial charge on any atom is -0.489 e. The van der Waals surface area contributed by atoms with E-state index in [1.165, 1.54) is 24.4 Å². The van der Waals surface area contributed by atoms with Gasteiger partial charge >= 0.3 is 0 Å². The second-order valence-corrected chi connectivity index (χ2v) is 6.33. The molecule has 0 aliphatic heterocycles. The van der Waals surface area contributed by atoms with Crippen molar-refractivity contribution in [2.45, 2.75) is 6.61 Å². The molecule has 0 aromatic heterocycles. The van der Waals surface area contributed by atoms with Gasteiger partial charge in [-0.2, -0.15) is 5.10 Å². The minimum absolute atomic E-state index is 0.0574. The fourth-order valence-corrected chi connectivity index (χ4v) is 2.67. The Kier molecular flexibility index (Phi) is 6.55. The van der Waals surface area contributed by atoms with Crippen LogP contribution in [0.15, 0.2) is 77.9 Å². The van der Waals surface area contributed by atoms with Crippen LogP contribution < -0.4 is 10.2 Å². The summed E-state index contributed by atoms with van der Waals surface area (Å²) in [5.74, 6) is -0.000686. The van der Waals surface area contributed by atoms with Crippen molar-refractivity contribution in [1.29, 1.82) is 0 Å². The Morgan fingerprint density at radius 2 is 1.76 bits per heavy atom. The monoisotopic (exact) mass is 409 g/mol. The molecule has 0 radical (unpaired) electrons. The summed E-state index contributed by atoms with van der Waals surface area (Å²) in [7, 11) is 0. The van der Waals surface area contributed by atoms with Gasteiger partial charge in [0.05, 0.1) is 11.1 Å². The van der Waals surface area contributed by atoms with Gasteiger partial charge in [-0.05, 0) is 42.0 Å². The number of nitro groups is 1. The lowest BCUT2D eigenvalue weighted by atomic mass is 10.2. The van der Waals surface area contributed by atoms with Crippen molar-refractivity contribution < 1.29 is 14.5 Å². The van der Waals surface area contributed by atoms with Gasteiger partial charge in [-0.25, -0.2) is 5.43 Å². The topological polar surface area (TPSA) is 93.8 Å². The Morgan fingerprint density at radius 3 is 2.48 bits per heavy atom. The predicted octanol–water partition coefficient (Wildman–Crippen LogP) is 4.59. The Balaban J connectivity index is 1.57. The lowest BCUT2D eigenvalue weighted by Gasteiger charge is -2.07. The number of carbonyl (C=O) groups excluding carboxylic acids is 1. The van der Waals surface area contributed by atoms with E-state index in [1.807, 2.05) is 18.2 Å². The van der Waals surface area contributed by atoms with E-state index in [-0.39, 0.29) is 11.3 Å². The van der Waals surface area contributed by atoms with Crippen molar-refractivity contribution in [3.8, 4) is 5.75 Å². The van der Waals surface area contributed by atoms with E-state index in [0.29, 0.717) is 17.4 Å². The number of nitrogens with one attached hydrogen (secondary N) is 1. The Hall–Kier alpha value is -3.71. The molecule has 1 N–H and O–H groups in total. The summed E-state index contributed by atoms with van der Waals surface area (Å²) in [6.45, 7) is 0.346. The average Bonchev–Trinajstić information content (AvgIpc) is 2.74. The third-order valence-corrected chi connectivity index (χ3v) is 4.33. The molecule has 3 aromatic rings. The number of hydrazone groups is 1. The molecule has 8 heteroatoms. The molecule has 0 heterocycles. The summed E-state index contributed by atoms with van der Waals surface area (Å²) in [6.07, 6.45) is 1.44. The molecule has 0 aliphatic carbocycles. The fraction of sp³-hybridized carbons (Fsp3) is 0.0476. The molecule has 1 amide bonds. The van der Waals surface area contributed by atoms with Gasteiger partial charge in [0.25, 0.3) is 11.6 Å². The van der Waals surface area contributed by atoms with Crippen molar-refractivity contribution in [2.75, 3.05) is 0 Å². The second kappa shape index (κ2) is 9.48. The summed E-state index contributed by atoms with van der Waals surface area (Å²) in [5, 5.41) is 15.5. The van der Waals surface area contributed by atoms with Crippen LogP contribution in [0.2, 0.25) is 5.02 Å². The maximum Gasteiger partial charge on any atom is 0.282 e. The molecule has 29 heavy (non-hydrogen) atoms. The highest BCUT2D eigenvalue weighted by Crippen LogP contribution is 2.19. The number of rotatable bonds is 7. The standard InChI is InChI=1S/C21H16ClN3O4/c22-19-7-3-1-5-16(19)14-29-17-11-9-15(10-12-17)13-23-24-21(26)18-6-2-4-8-20(18)25(27)28/h1-13H,14H2,(H,24,26). The fourth-order valence-electron chi connectivity index (χ4n) is 2.48. The van der Waals surface area contributed by atoms with Gasteiger partial charge in [0, 0.05) is 16.7 Å². The molecule has 0 saturated carbocycles. The van der Waals surface area contributed by atoms with E-state index >= 15 is 0 Å². The first-order valence-electron chi connectivity index (χ1n) is 8.57. The number of ether oxygens (including phenoxy) is 1. The van der Waals surface area contributed by atoms with E-state index in [1.54, 1.807) is 36.4 Å². The minimum atomic E-state index is -0.659. The molecule has 0 atom stereocenters. The third-order valence-electron chi connectivity index (χ3n) is 3.96. The quantitative estimate of drug-likeness (QED) is 0.351. The summed E-state index contributed by atoms with van der Waals surface area (Å²) in [5.41, 5.74) is 3.56. The largest absolute Gasteiger partial charge is 0.489 e. The van der Waals surface area contributed by atoms with Crippen molar-refractivity contribution in [2.24, 2.45) is 5.10 Å². The molecular weight excluding hydrogens is 394 g/mol. The van der Waals surface area contributed by atoms with Crippen LogP contribution in [0.1, 0.15) is 21.5 Å². The van der Waals surface area contributed by atoms with E-state index in [4.69, 9.17) is 16.3 Å². The zero-order valence-corrected chi connectivity index (χ0v) is 15.9. The highest BCUT2D eigenvalue weighted by molar-refractivity contribution is 6.31. The number of carbonyl (C=O) groups is 1. The van der Waals surface area contributed by atoms with Crippen molar-refractivity contribution >= 4 is 29.4 Å². The second-order valence-electron chi connectivity index (χ2n) is 5.92. The summed E-state index contributed by atoms with van der Waals surface area (Å²) >= 11 is 6.10. The number of hydrogen-bond donors (Lipinski definition) is 1. The number of hydrogen-bond acceptors (Lipinski definition) is 5. The van der Waals surface area contributed by atoms with Gasteiger partial charge in [0.2, 0.25) is 0 Å². The SMILES string of the molecule is O=C(NN=Cc1ccc(OCc2ccccc2Cl)cc1)c1ccccc1[N+](=O)[O-]. The Labute approximate surface area is 171 Å². The highest BCUT2D eigenvalue weighted by atomic mass is 35.5. The summed E-state index contributed by atoms with van der Waals surface area (Å²) in [4.78, 5) is 22.5. The zero-order chi connectivity index (χ0) is 20.6. The predicted molar refractivity (Wildman–Crippen MR) is 110 cm³/mol. The molecule has 0 saturated heterocycles. The average molecular weight is 410 g/mol. The van der Waals surface area contributed by atoms with Crippen LogP contribution in [0.4, 0.5) is 5.69 Å². The molecule has 7 nitrogen and oxygen atoms in total. The van der Waals surface area contributed by atoms with E-state index in [2.05, 4.69) is 10.5 Å². The normalized spacial score (nSPS) is 10.7. The molecule has 3 rings (SSSR count). The summed E-state index contributed by atoms with van der Waals surface area (Å²) < 4.78 is 5.70. The Bertz CT molecular complexity index is 1050. The maximum atomic E-state index is 12.1. The smallest absolute Gasteiger partial charge is 0.282 e. The molecule has 0 spiro atoms. The van der Waals surface area contributed by atoms with Crippen molar-refractivity contribution in [3.05, 3.63) is 105 Å². The first-order valence-corrected chi connectivity index (χ1v) is 8.95. The molecule has 0 unspecified atom stereocenters. The third kappa shape index (κ3) is 5.40. The molecule has 3 aromatic carbocycles. The van der Waals surface area contributed by atoms with Gasteiger partial charge < -0.3 is 4.74 Å². The zero-order valence-electron chi connectivity index (χ0n) is 15.1. The lowest BCUT2D eigenvalue weighted by Crippen LogP contribution is -2.18. The Morgan fingerprint density at radius 1 is 1.07 bits per heavy atom. The number of nitro benzene ring substituents is 1. The van der Waals surface area contributed by atoms with Crippen LogP contribution in [-0.4, -0.2) is 17.0 Å². The van der Waals surface area contributed by atoms with Crippen molar-refractivity contribution in [3.63, 3.8) is 0 Å². The van der Waals surface area contributed by atoms with Crippen LogP contribution in [-0.2, 0) is 6.61 Å². The molecule has 0 bridgehead atoms. The van der Waals surface area contributed by atoms with Crippen LogP contribution in [0, 0.1) is 10.1 Å². The van der Waals surface area contributed by atoms with Gasteiger partial charge in [-0.15, -0.1) is 0 Å². The van der Waals surface area contributed by atoms with E-state index in [0.717, 1.165) is 11.1 Å². The summed E-state index contributed by atoms with van der Waals surface area (Å²) in [6, 6.07) is 20.2. The van der Waals surface area contributed by atoms with Gasteiger partial charge in [0.15, 0.2) is 0 Å². The van der Waals surface area contributed by atoms with Crippen LogP contribution in [0.3, 0.4) is 0 Å². The van der Waals surface area contributed by atoms with Gasteiger partial charge in [-0.3, -0.25) is 14.9 Å². The van der Waals surface area contributed by atoms with E-state index < -0.39 is 10.8 Å².